The van der Waals surface area contributed by atoms with Crippen LogP contribution in [0.1, 0.15) is 93.9 Å². The van der Waals surface area contributed by atoms with Gasteiger partial charge in [0.1, 0.15) is 0 Å². The van der Waals surface area contributed by atoms with Crippen molar-refractivity contribution in [3.05, 3.63) is 53.6 Å². The van der Waals surface area contributed by atoms with Crippen LogP contribution in [0.25, 0.3) is 11.0 Å². The fourth-order valence-corrected chi connectivity index (χ4v) is 7.53. The number of hydrogen-bond donors (Lipinski definition) is 0. The number of likely N-dealkylation sites (tertiary alicyclic amines) is 1. The van der Waals surface area contributed by atoms with Gasteiger partial charge in [0.15, 0.2) is 0 Å². The number of ketones is 1. The Morgan fingerprint density at radius 2 is 1.51 bits per heavy atom. The van der Waals surface area contributed by atoms with E-state index in [9.17, 15) is 9.59 Å². The molecule has 6 nitrogen and oxygen atoms in total. The summed E-state index contributed by atoms with van der Waals surface area (Å²) < 4.78 is 4.71. The van der Waals surface area contributed by atoms with Gasteiger partial charge in [0.05, 0.1) is 0 Å². The van der Waals surface area contributed by atoms with Gasteiger partial charge in [-0.15, -0.1) is 0 Å². The van der Waals surface area contributed by atoms with Crippen LogP contribution in [0.4, 0.5) is 0 Å². The summed E-state index contributed by atoms with van der Waals surface area (Å²) in [4.78, 5) is 35.3. The quantitative estimate of drug-likeness (QED) is 0.182. The molecule has 1 aliphatic rings. The third kappa shape index (κ3) is 9.03. The molecule has 1 aromatic heterocycles. The minimum absolute atomic E-state index is 0.0887. The first-order valence-electron chi connectivity index (χ1n) is 15.6. The zero-order valence-electron chi connectivity index (χ0n) is 25.7. The van der Waals surface area contributed by atoms with E-state index in [1.165, 1.54) is 36.7 Å². The number of hydrogen-bond acceptors (Lipinski definition) is 4. The Bertz CT molecular complexity index is 1280. The first-order chi connectivity index (χ1) is 19.7. The van der Waals surface area contributed by atoms with Gasteiger partial charge in [-0.2, -0.15) is 0 Å². The number of benzene rings is 2. The molecule has 0 aliphatic carbocycles. The topological polar surface area (TPSA) is 58.4 Å². The molecule has 0 bridgehead atoms. The Labute approximate surface area is 253 Å². The molecular formula is C34H48AsN4O2. The molecule has 0 atom stereocenters. The molecule has 0 spiro atoms. The molecular weight excluding hydrogens is 571 g/mol. The van der Waals surface area contributed by atoms with Crippen LogP contribution in [0.15, 0.2) is 42.5 Å². The van der Waals surface area contributed by atoms with E-state index in [1.54, 1.807) is 6.92 Å². The van der Waals surface area contributed by atoms with Crippen LogP contribution >= 0.6 is 0 Å². The molecule has 1 fully saturated rings. The van der Waals surface area contributed by atoms with Gasteiger partial charge in [-0.05, 0) is 0 Å². The maximum absolute atomic E-state index is 13.8. The summed E-state index contributed by atoms with van der Waals surface area (Å²) in [5.41, 5.74) is 3.53. The second-order valence-corrected chi connectivity index (χ2v) is 14.8. The van der Waals surface area contributed by atoms with Gasteiger partial charge >= 0.3 is 254 Å². The molecule has 7 heteroatoms. The molecule has 2 aromatic carbocycles. The van der Waals surface area contributed by atoms with Crippen molar-refractivity contribution in [2.75, 3.05) is 32.7 Å². The van der Waals surface area contributed by atoms with Crippen LogP contribution < -0.4 is 8.96 Å². The number of amides is 1. The molecule has 0 saturated carbocycles. The van der Waals surface area contributed by atoms with E-state index >= 15 is 0 Å². The Balaban J connectivity index is 1.62. The molecule has 4 rings (SSSR count). The molecule has 41 heavy (non-hydrogen) atoms. The number of aryl methyl sites for hydroxylation is 1. The summed E-state index contributed by atoms with van der Waals surface area (Å²) in [5, 5.41) is 0. The number of nitrogens with zero attached hydrogens (tertiary/aromatic N) is 4. The number of carbonyl (C=O) groups excluding carboxylic acids is 2. The predicted octanol–water partition coefficient (Wildman–Crippen LogP) is 5.30. The summed E-state index contributed by atoms with van der Waals surface area (Å²) in [6.07, 6.45) is 7.04. The van der Waals surface area contributed by atoms with Crippen LogP contribution in [-0.2, 0) is 6.54 Å². The number of aromatic nitrogens is 2. The van der Waals surface area contributed by atoms with Crippen molar-refractivity contribution in [3.63, 3.8) is 0 Å². The molecule has 1 aliphatic heterocycles. The molecule has 1 amide bonds. The summed E-state index contributed by atoms with van der Waals surface area (Å²) >= 11 is -0.359. The standard InChI is InChI=1S/C34H48AsN4O2/c1-25(2)16-22-38(23-17-26(3)4)33(41)29-12-15-31-32(24-29)39(21-9-20-37-18-7-6-8-19-37)34(36-31)35-30-13-10-28(11-14-30)27(5)40/h10-15,24-26H,6-9,16-23H2,1-5H3. The Hall–Kier alpha value is -2.43. The minimum atomic E-state index is -0.359. The average Bonchev–Trinajstić information content (AvgIpc) is 3.29. The first kappa shape index (κ1) is 31.5. The molecule has 1 radical (unpaired) electrons. The summed E-state index contributed by atoms with van der Waals surface area (Å²) in [7, 11) is 0. The van der Waals surface area contributed by atoms with Gasteiger partial charge in [0, 0.05) is 0 Å². The number of rotatable bonds is 14. The van der Waals surface area contributed by atoms with Gasteiger partial charge in [-0.25, -0.2) is 0 Å². The van der Waals surface area contributed by atoms with E-state index < -0.39 is 0 Å². The monoisotopic (exact) mass is 619 g/mol. The zero-order chi connectivity index (χ0) is 29.4. The van der Waals surface area contributed by atoms with Gasteiger partial charge in [-0.1, -0.05) is 0 Å². The molecule has 3 aromatic rings. The van der Waals surface area contributed by atoms with E-state index in [4.69, 9.17) is 4.98 Å². The zero-order valence-corrected chi connectivity index (χ0v) is 27.6. The Morgan fingerprint density at radius 3 is 2.12 bits per heavy atom. The van der Waals surface area contributed by atoms with Crippen LogP contribution in [0, 0.1) is 11.8 Å². The molecule has 2 heterocycles. The van der Waals surface area contributed by atoms with Crippen molar-refractivity contribution in [1.82, 2.24) is 19.4 Å². The van der Waals surface area contributed by atoms with Crippen LogP contribution in [0.2, 0.25) is 0 Å². The van der Waals surface area contributed by atoms with E-state index in [1.807, 2.05) is 24.3 Å². The number of Topliss-reactive ketones (excluding diaryl/α,β-unsaturated/α-hetero) is 1. The number of fused-ring (bicyclic) bond motifs is 1. The van der Waals surface area contributed by atoms with Gasteiger partial charge in [-0.3, -0.25) is 0 Å². The third-order valence-electron chi connectivity index (χ3n) is 8.02. The van der Waals surface area contributed by atoms with Crippen molar-refractivity contribution in [2.45, 2.75) is 79.7 Å². The SMILES string of the molecule is CC(=O)c1ccc([As]c2nc3ccc(C(=O)N(CCC(C)C)CCC(C)C)cc3n2CCCN2CCCCC2)cc1. The molecule has 221 valence electrons. The maximum atomic E-state index is 13.8. The number of carbonyl (C=O) groups is 2. The average molecular weight is 620 g/mol. The van der Waals surface area contributed by atoms with E-state index in [0.717, 1.165) is 72.2 Å². The Morgan fingerprint density at radius 1 is 0.878 bits per heavy atom. The fourth-order valence-electron chi connectivity index (χ4n) is 5.40. The molecule has 0 unspecified atom stereocenters. The number of imidazole rings is 1. The van der Waals surface area contributed by atoms with Crippen LogP contribution in [0.3, 0.4) is 0 Å². The Kier molecular flexibility index (Phi) is 11.6. The second kappa shape index (κ2) is 15.2. The van der Waals surface area contributed by atoms with Gasteiger partial charge in [0.2, 0.25) is 0 Å². The number of piperidine rings is 1. The van der Waals surface area contributed by atoms with Crippen LogP contribution in [-0.4, -0.2) is 79.5 Å². The first-order valence-corrected chi connectivity index (χ1v) is 17.4. The van der Waals surface area contributed by atoms with Crippen LogP contribution in [0.5, 0.6) is 0 Å². The van der Waals surface area contributed by atoms with Crippen molar-refractivity contribution < 1.29 is 9.59 Å². The second-order valence-electron chi connectivity index (χ2n) is 12.4. The fraction of sp³-hybridized carbons (Fsp3) is 0.559. The van der Waals surface area contributed by atoms with E-state index in [-0.39, 0.29) is 27.4 Å². The summed E-state index contributed by atoms with van der Waals surface area (Å²) in [6, 6.07) is 14.1. The van der Waals surface area contributed by atoms with Gasteiger partial charge in [0.25, 0.3) is 0 Å². The van der Waals surface area contributed by atoms with Gasteiger partial charge < -0.3 is 0 Å². The van der Waals surface area contributed by atoms with Crippen molar-refractivity contribution >= 4 is 47.4 Å². The third-order valence-corrected chi connectivity index (χ3v) is 10.3. The van der Waals surface area contributed by atoms with Crippen molar-refractivity contribution in [2.24, 2.45) is 11.8 Å². The van der Waals surface area contributed by atoms with Crippen molar-refractivity contribution in [1.29, 1.82) is 0 Å². The normalized spacial score (nSPS) is 14.6. The molecule has 0 N–H and O–H groups in total. The van der Waals surface area contributed by atoms with E-state index in [0.29, 0.717) is 11.8 Å². The van der Waals surface area contributed by atoms with Crippen molar-refractivity contribution in [3.8, 4) is 0 Å². The molecule has 1 saturated heterocycles. The van der Waals surface area contributed by atoms with E-state index in [2.05, 4.69) is 60.3 Å². The predicted molar refractivity (Wildman–Crippen MR) is 171 cm³/mol. The summed E-state index contributed by atoms with van der Waals surface area (Å²) in [6.45, 7) is 16.5. The summed E-state index contributed by atoms with van der Waals surface area (Å²) in [5.74, 6) is 1.34.